The fourth-order valence-corrected chi connectivity index (χ4v) is 1.70. The minimum atomic E-state index is -0.0724. The van der Waals surface area contributed by atoms with Crippen molar-refractivity contribution in [1.82, 2.24) is 16.0 Å². The van der Waals surface area contributed by atoms with Gasteiger partial charge in [0.2, 0.25) is 11.8 Å². The summed E-state index contributed by atoms with van der Waals surface area (Å²) in [5.41, 5.74) is 0. The van der Waals surface area contributed by atoms with Crippen LogP contribution >= 0.6 is 0 Å². The second-order valence-corrected chi connectivity index (χ2v) is 4.25. The summed E-state index contributed by atoms with van der Waals surface area (Å²) in [5.74, 6) is -0.0403. The molecule has 15 heavy (non-hydrogen) atoms. The Morgan fingerprint density at radius 2 is 2.07 bits per heavy atom. The molecule has 0 unspecified atom stereocenters. The Balaban J connectivity index is 1.62. The van der Waals surface area contributed by atoms with Gasteiger partial charge in [-0.3, -0.25) is 9.59 Å². The topological polar surface area (TPSA) is 70.2 Å². The first-order valence-electron chi connectivity index (χ1n) is 5.53. The van der Waals surface area contributed by atoms with E-state index in [4.69, 9.17) is 0 Å². The molecule has 5 heteroatoms. The van der Waals surface area contributed by atoms with Gasteiger partial charge >= 0.3 is 0 Å². The van der Waals surface area contributed by atoms with Crippen LogP contribution < -0.4 is 16.0 Å². The Labute approximate surface area is 89.0 Å². The van der Waals surface area contributed by atoms with Crippen molar-refractivity contribution < 1.29 is 9.59 Å². The van der Waals surface area contributed by atoms with E-state index < -0.39 is 0 Å². The highest BCUT2D eigenvalue weighted by Gasteiger charge is 2.25. The Morgan fingerprint density at radius 3 is 2.67 bits per heavy atom. The summed E-state index contributed by atoms with van der Waals surface area (Å²) in [6.45, 7) is 1.74. The van der Waals surface area contributed by atoms with E-state index >= 15 is 0 Å². The van der Waals surface area contributed by atoms with Crippen molar-refractivity contribution in [3.63, 3.8) is 0 Å². The maximum absolute atomic E-state index is 11.5. The maximum Gasteiger partial charge on any atom is 0.239 e. The second-order valence-electron chi connectivity index (χ2n) is 4.25. The smallest absolute Gasteiger partial charge is 0.239 e. The summed E-state index contributed by atoms with van der Waals surface area (Å²) in [5, 5.41) is 8.62. The van der Waals surface area contributed by atoms with Gasteiger partial charge in [-0.05, 0) is 25.8 Å². The summed E-state index contributed by atoms with van der Waals surface area (Å²) >= 11 is 0. The third-order valence-corrected chi connectivity index (χ3v) is 2.80. The molecule has 0 aromatic heterocycles. The summed E-state index contributed by atoms with van der Waals surface area (Å²) in [4.78, 5) is 22.8. The highest BCUT2D eigenvalue weighted by Crippen LogP contribution is 2.18. The molecule has 1 atom stereocenters. The van der Waals surface area contributed by atoms with E-state index in [1.807, 2.05) is 0 Å². The third kappa shape index (κ3) is 3.20. The number of carbonyl (C=O) groups excluding carboxylic acids is 2. The zero-order valence-corrected chi connectivity index (χ0v) is 8.71. The molecule has 0 aromatic carbocycles. The number of carbonyl (C=O) groups is 2. The van der Waals surface area contributed by atoms with Crippen LogP contribution in [0.5, 0.6) is 0 Å². The van der Waals surface area contributed by atoms with E-state index in [1.165, 1.54) is 0 Å². The fraction of sp³-hybridized carbons (Fsp3) is 0.800. The van der Waals surface area contributed by atoms with Gasteiger partial charge in [0, 0.05) is 12.6 Å². The predicted octanol–water partition coefficient (Wildman–Crippen LogP) is -1.01. The Hall–Kier alpha value is -1.10. The highest BCUT2D eigenvalue weighted by molar-refractivity contribution is 5.86. The van der Waals surface area contributed by atoms with Crippen LogP contribution in [-0.4, -0.2) is 37.5 Å². The zero-order chi connectivity index (χ0) is 10.7. The predicted molar refractivity (Wildman–Crippen MR) is 55.2 cm³/mol. The van der Waals surface area contributed by atoms with Gasteiger partial charge in [-0.1, -0.05) is 0 Å². The molecule has 5 nitrogen and oxygen atoms in total. The van der Waals surface area contributed by atoms with Crippen molar-refractivity contribution in [1.29, 1.82) is 0 Å². The fourth-order valence-electron chi connectivity index (χ4n) is 1.70. The van der Waals surface area contributed by atoms with Crippen molar-refractivity contribution in [2.45, 2.75) is 25.3 Å². The first-order chi connectivity index (χ1) is 7.25. The monoisotopic (exact) mass is 211 g/mol. The van der Waals surface area contributed by atoms with E-state index in [2.05, 4.69) is 16.0 Å². The molecule has 84 valence electrons. The molecule has 2 fully saturated rings. The highest BCUT2D eigenvalue weighted by atomic mass is 16.2. The van der Waals surface area contributed by atoms with Crippen LogP contribution in [0.2, 0.25) is 0 Å². The van der Waals surface area contributed by atoms with Crippen molar-refractivity contribution in [2.24, 2.45) is 5.92 Å². The summed E-state index contributed by atoms with van der Waals surface area (Å²) in [6, 6.07) is 0.363. The molecule has 3 N–H and O–H groups in total. The number of nitrogens with one attached hydrogen (secondary N) is 3. The maximum atomic E-state index is 11.5. The first-order valence-corrected chi connectivity index (χ1v) is 5.53. The van der Waals surface area contributed by atoms with Gasteiger partial charge in [-0.25, -0.2) is 0 Å². The molecule has 1 saturated heterocycles. The van der Waals surface area contributed by atoms with Crippen LogP contribution in [0, 0.1) is 5.92 Å². The standard InChI is InChI=1S/C10H17N3O2/c14-9(13-8-1-2-8)6-12-10(15)7-3-4-11-5-7/h7-8,11H,1-6H2,(H,12,15)(H,13,14)/t7-/m1/s1. The molecular formula is C10H17N3O2. The number of hydrogen-bond donors (Lipinski definition) is 3. The lowest BCUT2D eigenvalue weighted by atomic mass is 10.1. The van der Waals surface area contributed by atoms with Crippen LogP contribution in [0.3, 0.4) is 0 Å². The molecule has 1 aliphatic heterocycles. The van der Waals surface area contributed by atoms with Crippen LogP contribution in [0.1, 0.15) is 19.3 Å². The molecule has 1 saturated carbocycles. The van der Waals surface area contributed by atoms with Crippen LogP contribution in [0.15, 0.2) is 0 Å². The number of rotatable bonds is 4. The Kier molecular flexibility index (Phi) is 3.20. The SMILES string of the molecule is O=C(CNC(=O)[C@@H]1CCNC1)NC1CC1. The van der Waals surface area contributed by atoms with Gasteiger partial charge in [-0.15, -0.1) is 0 Å². The lowest BCUT2D eigenvalue weighted by molar-refractivity contribution is -0.128. The van der Waals surface area contributed by atoms with Gasteiger partial charge in [0.25, 0.3) is 0 Å². The van der Waals surface area contributed by atoms with Gasteiger partial charge < -0.3 is 16.0 Å². The third-order valence-electron chi connectivity index (χ3n) is 2.80. The lowest BCUT2D eigenvalue weighted by Gasteiger charge is -2.09. The van der Waals surface area contributed by atoms with E-state index in [0.29, 0.717) is 6.04 Å². The molecule has 1 aliphatic carbocycles. The average Bonchev–Trinajstić information content (AvgIpc) is 2.86. The molecule has 1 heterocycles. The van der Waals surface area contributed by atoms with Crippen LogP contribution in [-0.2, 0) is 9.59 Å². The second kappa shape index (κ2) is 4.61. The molecular weight excluding hydrogens is 194 g/mol. The van der Waals surface area contributed by atoms with Gasteiger partial charge in [0.05, 0.1) is 12.5 Å². The molecule has 2 amide bonds. The first kappa shape index (κ1) is 10.4. The average molecular weight is 211 g/mol. The van der Waals surface area contributed by atoms with E-state index in [0.717, 1.165) is 32.4 Å². The normalized spacial score (nSPS) is 24.9. The van der Waals surface area contributed by atoms with Crippen LogP contribution in [0.25, 0.3) is 0 Å². The van der Waals surface area contributed by atoms with Gasteiger partial charge in [0.1, 0.15) is 0 Å². The summed E-state index contributed by atoms with van der Waals surface area (Å²) < 4.78 is 0. The summed E-state index contributed by atoms with van der Waals surface area (Å²) in [6.07, 6.45) is 3.02. The molecule has 2 rings (SSSR count). The largest absolute Gasteiger partial charge is 0.352 e. The number of hydrogen-bond acceptors (Lipinski definition) is 3. The minimum absolute atomic E-state index is 0.00838. The van der Waals surface area contributed by atoms with Crippen molar-refractivity contribution in [3.8, 4) is 0 Å². The zero-order valence-electron chi connectivity index (χ0n) is 8.71. The van der Waals surface area contributed by atoms with E-state index in [1.54, 1.807) is 0 Å². The number of amides is 2. The van der Waals surface area contributed by atoms with E-state index in [9.17, 15) is 9.59 Å². The Morgan fingerprint density at radius 1 is 1.27 bits per heavy atom. The molecule has 0 spiro atoms. The van der Waals surface area contributed by atoms with Crippen molar-refractivity contribution in [3.05, 3.63) is 0 Å². The lowest BCUT2D eigenvalue weighted by Crippen LogP contribution is -2.40. The summed E-state index contributed by atoms with van der Waals surface area (Å²) in [7, 11) is 0. The molecule has 0 bridgehead atoms. The minimum Gasteiger partial charge on any atom is -0.352 e. The van der Waals surface area contributed by atoms with Crippen LogP contribution in [0.4, 0.5) is 0 Å². The van der Waals surface area contributed by atoms with Gasteiger partial charge in [0.15, 0.2) is 0 Å². The van der Waals surface area contributed by atoms with Gasteiger partial charge in [-0.2, -0.15) is 0 Å². The molecule has 2 aliphatic rings. The van der Waals surface area contributed by atoms with Crippen molar-refractivity contribution >= 4 is 11.8 Å². The molecule has 0 radical (unpaired) electrons. The van der Waals surface area contributed by atoms with E-state index in [-0.39, 0.29) is 24.3 Å². The molecule has 0 aromatic rings. The van der Waals surface area contributed by atoms with Crippen molar-refractivity contribution in [2.75, 3.05) is 19.6 Å². The Bertz CT molecular complexity index is 257. The quantitative estimate of drug-likeness (QED) is 0.558.